The van der Waals surface area contributed by atoms with Crippen molar-refractivity contribution in [3.05, 3.63) is 24.3 Å². The van der Waals surface area contributed by atoms with E-state index in [1.165, 1.54) is 12.5 Å². The average Bonchev–Trinajstić information content (AvgIpc) is 2.45. The molecule has 5 nitrogen and oxygen atoms in total. The third kappa shape index (κ3) is 3.50. The number of aliphatic hydroxyl groups is 1. The predicted octanol–water partition coefficient (Wildman–Crippen LogP) is 1.47. The van der Waals surface area contributed by atoms with Crippen LogP contribution in [0.2, 0.25) is 0 Å². The van der Waals surface area contributed by atoms with E-state index in [-0.39, 0.29) is 17.5 Å². The first-order valence-electron chi connectivity index (χ1n) is 7.03. The maximum atomic E-state index is 11.7. The van der Waals surface area contributed by atoms with E-state index >= 15 is 0 Å². The highest BCUT2D eigenvalue weighted by Gasteiger charge is 2.25. The van der Waals surface area contributed by atoms with Gasteiger partial charge in [0.05, 0.1) is 12.3 Å². The molecular formula is C14H22N2O3S. The third-order valence-corrected chi connectivity index (χ3v) is 4.80. The molecule has 1 fully saturated rings. The van der Waals surface area contributed by atoms with Crippen LogP contribution in [0, 0.1) is 0 Å². The van der Waals surface area contributed by atoms with Crippen LogP contribution in [0.1, 0.15) is 32.1 Å². The van der Waals surface area contributed by atoms with E-state index < -0.39 is 10.0 Å². The smallest absolute Gasteiger partial charge is 0.240 e. The fraction of sp³-hybridized carbons (Fsp3) is 0.571. The topological polar surface area (TPSA) is 83.6 Å². The molecule has 112 valence electrons. The molecule has 1 aliphatic carbocycles. The van der Waals surface area contributed by atoms with Crippen molar-refractivity contribution in [1.29, 1.82) is 0 Å². The van der Waals surface area contributed by atoms with E-state index in [0.29, 0.717) is 12.2 Å². The Bertz CT molecular complexity index is 539. The summed E-state index contributed by atoms with van der Waals surface area (Å²) in [6, 6.07) is 7.04. The highest BCUT2D eigenvalue weighted by atomic mass is 32.2. The molecule has 0 heterocycles. The molecule has 1 aromatic carbocycles. The molecule has 0 spiro atoms. The van der Waals surface area contributed by atoms with E-state index in [4.69, 9.17) is 5.14 Å². The Morgan fingerprint density at radius 1 is 1.20 bits per heavy atom. The van der Waals surface area contributed by atoms with Crippen LogP contribution in [0.25, 0.3) is 0 Å². The van der Waals surface area contributed by atoms with Crippen molar-refractivity contribution in [1.82, 2.24) is 0 Å². The van der Waals surface area contributed by atoms with Gasteiger partial charge in [-0.1, -0.05) is 31.4 Å². The van der Waals surface area contributed by atoms with Gasteiger partial charge in [0.2, 0.25) is 10.0 Å². The molecule has 1 saturated carbocycles. The number of primary sulfonamides is 1. The van der Waals surface area contributed by atoms with Gasteiger partial charge in [-0.3, -0.25) is 0 Å². The summed E-state index contributed by atoms with van der Waals surface area (Å²) < 4.78 is 23.5. The summed E-state index contributed by atoms with van der Waals surface area (Å²) in [7, 11) is -3.76. The Labute approximate surface area is 120 Å². The van der Waals surface area contributed by atoms with Crippen LogP contribution < -0.4 is 10.0 Å². The number of benzene rings is 1. The average molecular weight is 298 g/mol. The lowest BCUT2D eigenvalue weighted by atomic mass is 9.94. The second kappa shape index (κ2) is 6.56. The fourth-order valence-corrected chi connectivity index (χ4v) is 3.68. The number of nitrogens with two attached hydrogens (primary N) is 1. The zero-order chi connectivity index (χ0) is 14.6. The number of rotatable bonds is 5. The minimum Gasteiger partial charge on any atom is -0.395 e. The molecule has 0 aromatic heterocycles. The lowest BCUT2D eigenvalue weighted by molar-refractivity contribution is 0.289. The van der Waals surface area contributed by atoms with Crippen molar-refractivity contribution in [2.24, 2.45) is 5.14 Å². The molecule has 20 heavy (non-hydrogen) atoms. The maximum absolute atomic E-state index is 11.7. The van der Waals surface area contributed by atoms with Crippen molar-refractivity contribution in [3.8, 4) is 0 Å². The van der Waals surface area contributed by atoms with Gasteiger partial charge in [0, 0.05) is 12.6 Å². The summed E-state index contributed by atoms with van der Waals surface area (Å²) in [5.41, 5.74) is 0.607. The SMILES string of the molecule is NS(=O)(=O)c1ccccc1N(CCO)C1CCCCC1. The molecule has 2 rings (SSSR count). The van der Waals surface area contributed by atoms with Crippen LogP contribution in [-0.4, -0.2) is 32.7 Å². The lowest BCUT2D eigenvalue weighted by Gasteiger charge is -2.36. The number of anilines is 1. The maximum Gasteiger partial charge on any atom is 0.240 e. The van der Waals surface area contributed by atoms with E-state index in [0.717, 1.165) is 25.7 Å². The summed E-state index contributed by atoms with van der Waals surface area (Å²) in [5, 5.41) is 14.6. The molecule has 0 radical (unpaired) electrons. The Balaban J connectivity index is 2.38. The number of aliphatic hydroxyl groups excluding tert-OH is 1. The highest BCUT2D eigenvalue weighted by molar-refractivity contribution is 7.89. The molecule has 0 saturated heterocycles. The summed E-state index contributed by atoms with van der Waals surface area (Å²) in [6.07, 6.45) is 5.56. The van der Waals surface area contributed by atoms with Crippen LogP contribution in [0.5, 0.6) is 0 Å². The molecule has 0 aliphatic heterocycles. The molecule has 6 heteroatoms. The molecule has 1 aliphatic rings. The third-order valence-electron chi connectivity index (χ3n) is 3.84. The van der Waals surface area contributed by atoms with Crippen LogP contribution in [0.3, 0.4) is 0 Å². The Morgan fingerprint density at radius 2 is 1.85 bits per heavy atom. The molecule has 0 bridgehead atoms. The van der Waals surface area contributed by atoms with E-state index in [9.17, 15) is 13.5 Å². The van der Waals surface area contributed by atoms with Crippen molar-refractivity contribution < 1.29 is 13.5 Å². The van der Waals surface area contributed by atoms with Gasteiger partial charge in [-0.05, 0) is 25.0 Å². The Hall–Kier alpha value is -1.11. The van der Waals surface area contributed by atoms with Gasteiger partial charge in [0.1, 0.15) is 4.90 Å². The van der Waals surface area contributed by atoms with E-state index in [1.807, 2.05) is 4.90 Å². The van der Waals surface area contributed by atoms with Gasteiger partial charge in [-0.15, -0.1) is 0 Å². The van der Waals surface area contributed by atoms with Gasteiger partial charge in [-0.2, -0.15) is 0 Å². The van der Waals surface area contributed by atoms with Crippen LogP contribution in [-0.2, 0) is 10.0 Å². The van der Waals surface area contributed by atoms with Gasteiger partial charge < -0.3 is 10.0 Å². The molecule has 0 amide bonds. The predicted molar refractivity (Wildman–Crippen MR) is 79.1 cm³/mol. The number of para-hydroxylation sites is 1. The number of hydrogen-bond donors (Lipinski definition) is 2. The normalized spacial score (nSPS) is 17.1. The van der Waals surface area contributed by atoms with Crippen molar-refractivity contribution in [3.63, 3.8) is 0 Å². The minimum atomic E-state index is -3.76. The van der Waals surface area contributed by atoms with Crippen molar-refractivity contribution in [2.45, 2.75) is 43.0 Å². The molecule has 0 atom stereocenters. The van der Waals surface area contributed by atoms with Crippen molar-refractivity contribution in [2.75, 3.05) is 18.1 Å². The van der Waals surface area contributed by atoms with Gasteiger partial charge in [-0.25, -0.2) is 13.6 Å². The number of sulfonamides is 1. The molecule has 1 aromatic rings. The molecule has 3 N–H and O–H groups in total. The van der Waals surface area contributed by atoms with E-state index in [2.05, 4.69) is 0 Å². The fourth-order valence-electron chi connectivity index (χ4n) is 2.94. The van der Waals surface area contributed by atoms with Crippen LogP contribution in [0.15, 0.2) is 29.2 Å². The summed E-state index contributed by atoms with van der Waals surface area (Å²) in [5.74, 6) is 0. The van der Waals surface area contributed by atoms with Gasteiger partial charge >= 0.3 is 0 Å². The first-order valence-corrected chi connectivity index (χ1v) is 8.58. The van der Waals surface area contributed by atoms with E-state index in [1.54, 1.807) is 18.2 Å². The zero-order valence-electron chi connectivity index (χ0n) is 11.5. The zero-order valence-corrected chi connectivity index (χ0v) is 12.3. The second-order valence-electron chi connectivity index (χ2n) is 5.22. The summed E-state index contributed by atoms with van der Waals surface area (Å²) >= 11 is 0. The van der Waals surface area contributed by atoms with Gasteiger partial charge in [0.25, 0.3) is 0 Å². The number of hydrogen-bond acceptors (Lipinski definition) is 4. The largest absolute Gasteiger partial charge is 0.395 e. The van der Waals surface area contributed by atoms with Gasteiger partial charge in [0.15, 0.2) is 0 Å². The summed E-state index contributed by atoms with van der Waals surface area (Å²) in [6.45, 7) is 0.423. The monoisotopic (exact) mass is 298 g/mol. The standard InChI is InChI=1S/C14H22N2O3S/c15-20(18,19)14-9-5-4-8-13(14)16(10-11-17)12-6-2-1-3-7-12/h4-5,8-9,12,17H,1-3,6-7,10-11H2,(H2,15,18,19). The van der Waals surface area contributed by atoms with Crippen LogP contribution >= 0.6 is 0 Å². The first kappa shape index (κ1) is 15.3. The number of nitrogens with zero attached hydrogens (tertiary/aromatic N) is 1. The first-order chi connectivity index (χ1) is 9.54. The summed E-state index contributed by atoms with van der Waals surface area (Å²) in [4.78, 5) is 2.14. The Morgan fingerprint density at radius 3 is 2.45 bits per heavy atom. The molecular weight excluding hydrogens is 276 g/mol. The quantitative estimate of drug-likeness (QED) is 0.862. The van der Waals surface area contributed by atoms with Crippen LogP contribution in [0.4, 0.5) is 5.69 Å². The minimum absolute atomic E-state index is 0.00451. The highest BCUT2D eigenvalue weighted by Crippen LogP contribution is 2.31. The Kier molecular flexibility index (Phi) is 5.01. The second-order valence-corrected chi connectivity index (χ2v) is 6.75. The molecule has 0 unspecified atom stereocenters. The lowest BCUT2D eigenvalue weighted by Crippen LogP contribution is -2.39. The van der Waals surface area contributed by atoms with Crippen molar-refractivity contribution >= 4 is 15.7 Å².